The van der Waals surface area contributed by atoms with Gasteiger partial charge in [0.25, 0.3) is 0 Å². The molecule has 4 nitrogen and oxygen atoms in total. The average Bonchev–Trinajstić information content (AvgIpc) is 2.52. The minimum Gasteiger partial charge on any atom is -0.408 e. The van der Waals surface area contributed by atoms with Crippen LogP contribution in [0.15, 0.2) is 24.0 Å². The number of fused-ring (bicyclic) bond motifs is 1. The van der Waals surface area contributed by atoms with Crippen molar-refractivity contribution in [1.82, 2.24) is 0 Å². The number of phosphoric ester groups is 1. The van der Waals surface area contributed by atoms with E-state index in [0.29, 0.717) is 5.76 Å². The molecule has 0 aliphatic heterocycles. The van der Waals surface area contributed by atoms with E-state index in [9.17, 15) is 4.57 Å². The second kappa shape index (κ2) is 3.63. The zero-order chi connectivity index (χ0) is 11.1. The summed E-state index contributed by atoms with van der Waals surface area (Å²) in [5.41, 5.74) is 0. The molecule has 0 heterocycles. The Morgan fingerprint density at radius 1 is 1.53 bits per heavy atom. The van der Waals surface area contributed by atoms with Gasteiger partial charge in [-0.1, -0.05) is 12.2 Å². The Bertz CT molecular complexity index is 370. The van der Waals surface area contributed by atoms with Crippen LogP contribution in [0.2, 0.25) is 0 Å². The van der Waals surface area contributed by atoms with E-state index in [1.807, 2.05) is 12.2 Å². The molecule has 0 N–H and O–H groups in total. The van der Waals surface area contributed by atoms with Crippen LogP contribution in [0, 0.1) is 5.92 Å². The minimum absolute atomic E-state index is 0.0535. The molecule has 0 saturated carbocycles. The van der Waals surface area contributed by atoms with E-state index in [1.54, 1.807) is 6.08 Å². The number of alkyl halides is 1. The highest BCUT2D eigenvalue weighted by atomic mass is 35.5. The lowest BCUT2D eigenvalue weighted by atomic mass is 9.82. The zero-order valence-corrected chi connectivity index (χ0v) is 10.1. The van der Waals surface area contributed by atoms with Crippen LogP contribution >= 0.6 is 19.4 Å². The van der Waals surface area contributed by atoms with Crippen molar-refractivity contribution < 1.29 is 18.1 Å². The fourth-order valence-electron chi connectivity index (χ4n) is 1.75. The molecule has 0 fully saturated rings. The lowest BCUT2D eigenvalue weighted by Crippen LogP contribution is -2.35. The van der Waals surface area contributed by atoms with Crippen LogP contribution in [-0.2, 0) is 18.1 Å². The smallest absolute Gasteiger partial charge is 0.408 e. The fraction of sp³-hybridized carbons (Fsp3) is 0.556. The monoisotopic (exact) mass is 250 g/mol. The predicted octanol–water partition coefficient (Wildman–Crippen LogP) is 2.86. The number of phosphoric acid groups is 1. The summed E-state index contributed by atoms with van der Waals surface area (Å²) in [5.74, 6) is 0.639. The molecular formula is C9H12ClO4P. The van der Waals surface area contributed by atoms with E-state index in [4.69, 9.17) is 16.1 Å². The first-order chi connectivity index (χ1) is 7.03. The molecule has 15 heavy (non-hydrogen) atoms. The molecule has 0 spiro atoms. The summed E-state index contributed by atoms with van der Waals surface area (Å²) >= 11 is 6.20. The molecule has 0 bridgehead atoms. The highest BCUT2D eigenvalue weighted by Gasteiger charge is 2.49. The Morgan fingerprint density at radius 3 is 2.73 bits per heavy atom. The normalized spacial score (nSPS) is 33.3. The number of allylic oxidation sites excluding steroid dienone is 4. The molecule has 0 saturated heterocycles. The summed E-state index contributed by atoms with van der Waals surface area (Å²) in [6.07, 6.45) is 6.42. The van der Waals surface area contributed by atoms with Gasteiger partial charge in [0.2, 0.25) is 0 Å². The van der Waals surface area contributed by atoms with Gasteiger partial charge in [0, 0.05) is 20.1 Å². The minimum atomic E-state index is -3.44. The van der Waals surface area contributed by atoms with Crippen molar-refractivity contribution in [3.63, 3.8) is 0 Å². The number of halogens is 1. The maximum atomic E-state index is 11.7. The second-order valence-corrected chi connectivity index (χ2v) is 5.93. The Balaban J connectivity index is 2.08. The van der Waals surface area contributed by atoms with Gasteiger partial charge in [-0.25, -0.2) is 4.57 Å². The van der Waals surface area contributed by atoms with Crippen molar-refractivity contribution >= 4 is 19.4 Å². The first-order valence-corrected chi connectivity index (χ1v) is 6.37. The predicted molar refractivity (Wildman–Crippen MR) is 56.6 cm³/mol. The molecule has 2 unspecified atom stereocenters. The van der Waals surface area contributed by atoms with Crippen LogP contribution in [0.4, 0.5) is 0 Å². The highest BCUT2D eigenvalue weighted by Crippen LogP contribution is 2.58. The number of rotatable bonds is 4. The van der Waals surface area contributed by atoms with Crippen LogP contribution in [0.25, 0.3) is 0 Å². The van der Waals surface area contributed by atoms with Crippen molar-refractivity contribution in [2.45, 2.75) is 11.3 Å². The van der Waals surface area contributed by atoms with Crippen molar-refractivity contribution in [1.29, 1.82) is 0 Å². The number of hydrogen-bond donors (Lipinski definition) is 0. The van der Waals surface area contributed by atoms with Crippen molar-refractivity contribution in [3.05, 3.63) is 24.0 Å². The maximum absolute atomic E-state index is 11.7. The zero-order valence-electron chi connectivity index (χ0n) is 8.47. The molecule has 0 amide bonds. The molecule has 0 aromatic carbocycles. The van der Waals surface area contributed by atoms with Gasteiger partial charge in [0.1, 0.15) is 5.76 Å². The van der Waals surface area contributed by atoms with Gasteiger partial charge in [0.15, 0.2) is 0 Å². The van der Waals surface area contributed by atoms with Crippen LogP contribution in [0.5, 0.6) is 0 Å². The van der Waals surface area contributed by atoms with Gasteiger partial charge in [-0.3, -0.25) is 9.05 Å². The average molecular weight is 251 g/mol. The molecule has 2 aliphatic rings. The summed E-state index contributed by atoms with van der Waals surface area (Å²) in [5, 5.41) is 0. The molecule has 0 aromatic heterocycles. The molecular weight excluding hydrogens is 239 g/mol. The topological polar surface area (TPSA) is 44.8 Å². The Morgan fingerprint density at radius 2 is 2.20 bits per heavy atom. The molecule has 0 aromatic rings. The fourth-order valence-corrected chi connectivity index (χ4v) is 2.88. The van der Waals surface area contributed by atoms with Gasteiger partial charge in [-0.2, -0.15) is 0 Å². The van der Waals surface area contributed by atoms with E-state index in [2.05, 4.69) is 9.05 Å². The van der Waals surface area contributed by atoms with Crippen molar-refractivity contribution in [3.8, 4) is 0 Å². The first kappa shape index (κ1) is 11.2. The first-order valence-electron chi connectivity index (χ1n) is 4.53. The van der Waals surface area contributed by atoms with E-state index < -0.39 is 12.7 Å². The Hall–Kier alpha value is -0.280. The van der Waals surface area contributed by atoms with Gasteiger partial charge < -0.3 is 4.52 Å². The van der Waals surface area contributed by atoms with Gasteiger partial charge in [0.05, 0.1) is 4.87 Å². The summed E-state index contributed by atoms with van der Waals surface area (Å²) in [4.78, 5) is -0.457. The van der Waals surface area contributed by atoms with E-state index >= 15 is 0 Å². The van der Waals surface area contributed by atoms with Crippen LogP contribution in [0.3, 0.4) is 0 Å². The molecule has 84 valence electrons. The third kappa shape index (κ3) is 1.76. The quantitative estimate of drug-likeness (QED) is 0.437. The summed E-state index contributed by atoms with van der Waals surface area (Å²) in [6, 6.07) is 0. The molecule has 0 radical (unpaired) electrons. The van der Waals surface area contributed by atoms with E-state index in [1.165, 1.54) is 14.2 Å². The molecule has 2 aliphatic carbocycles. The Labute approximate surface area is 93.5 Å². The lowest BCUT2D eigenvalue weighted by molar-refractivity contribution is 0.160. The third-order valence-electron chi connectivity index (χ3n) is 2.65. The summed E-state index contributed by atoms with van der Waals surface area (Å²) < 4.78 is 26.2. The highest BCUT2D eigenvalue weighted by molar-refractivity contribution is 7.48. The largest absolute Gasteiger partial charge is 0.529 e. The van der Waals surface area contributed by atoms with Gasteiger partial charge in [-0.05, 0) is 12.5 Å². The van der Waals surface area contributed by atoms with Gasteiger partial charge in [-0.15, -0.1) is 11.6 Å². The third-order valence-corrected chi connectivity index (χ3v) is 4.48. The standard InChI is InChI=1S/C9H12ClO4P/c1-12-15(11,13-2)14-8-6-9(10)5-3-4-7(8)9/h3,5-7H,4H2,1-2H3. The molecule has 2 rings (SSSR count). The second-order valence-electron chi connectivity index (χ2n) is 3.47. The Kier molecular flexibility index (Phi) is 2.72. The van der Waals surface area contributed by atoms with Crippen molar-refractivity contribution in [2.75, 3.05) is 14.2 Å². The molecule has 2 atom stereocenters. The van der Waals surface area contributed by atoms with Crippen molar-refractivity contribution in [2.24, 2.45) is 5.92 Å². The SMILES string of the molecule is COP(=O)(OC)OC1=CC2(Cl)C=CCC12. The maximum Gasteiger partial charge on any atom is 0.529 e. The van der Waals surface area contributed by atoms with Crippen LogP contribution < -0.4 is 0 Å². The van der Waals surface area contributed by atoms with Crippen LogP contribution in [0.1, 0.15) is 6.42 Å². The number of hydrogen-bond acceptors (Lipinski definition) is 4. The van der Waals surface area contributed by atoms with E-state index in [0.717, 1.165) is 6.42 Å². The van der Waals surface area contributed by atoms with Crippen LogP contribution in [-0.4, -0.2) is 19.1 Å². The molecule has 6 heteroatoms. The lowest BCUT2D eigenvalue weighted by Gasteiger charge is -2.37. The van der Waals surface area contributed by atoms with E-state index in [-0.39, 0.29) is 5.92 Å². The van der Waals surface area contributed by atoms with Gasteiger partial charge >= 0.3 is 7.82 Å². The summed E-state index contributed by atoms with van der Waals surface area (Å²) in [7, 11) is -0.872. The summed E-state index contributed by atoms with van der Waals surface area (Å²) in [6.45, 7) is 0.